The van der Waals surface area contributed by atoms with Gasteiger partial charge >= 0.3 is 0 Å². The highest BCUT2D eigenvalue weighted by Crippen LogP contribution is 2.26. The maximum atomic E-state index is 4.14. The summed E-state index contributed by atoms with van der Waals surface area (Å²) >= 11 is 0. The number of hydrogen-bond donors (Lipinski definition) is 3. The number of rotatable bonds is 10. The lowest BCUT2D eigenvalue weighted by Crippen LogP contribution is -2.25. The summed E-state index contributed by atoms with van der Waals surface area (Å²) in [4.78, 5) is 0. The van der Waals surface area contributed by atoms with E-state index in [9.17, 15) is 0 Å². The Balaban J connectivity index is 2.39. The summed E-state index contributed by atoms with van der Waals surface area (Å²) in [5.41, 5.74) is 5.12. The predicted molar refractivity (Wildman–Crippen MR) is 97.3 cm³/mol. The molecule has 0 saturated carbocycles. The fraction of sp³-hybridized carbons (Fsp3) is 0.474. The third kappa shape index (κ3) is 5.23. The van der Waals surface area contributed by atoms with Gasteiger partial charge in [-0.15, -0.1) is 0 Å². The van der Waals surface area contributed by atoms with Crippen LogP contribution in [0.5, 0.6) is 0 Å². The summed E-state index contributed by atoms with van der Waals surface area (Å²) in [6.45, 7) is 18.5. The summed E-state index contributed by atoms with van der Waals surface area (Å²) in [7, 11) is 2.01. The normalized spacial score (nSPS) is 16.0. The van der Waals surface area contributed by atoms with Crippen LogP contribution in [0.15, 0.2) is 60.1 Å². The highest BCUT2D eigenvalue weighted by molar-refractivity contribution is 5.56. The SMILES string of the molecule is C=CC1=CNC(C(=C)NCCCC(C)CCNC)=C(C)C1=C. The molecule has 3 N–H and O–H groups in total. The molecule has 3 nitrogen and oxygen atoms in total. The van der Waals surface area contributed by atoms with E-state index in [1.165, 1.54) is 12.8 Å². The van der Waals surface area contributed by atoms with E-state index in [2.05, 4.69) is 49.5 Å². The highest BCUT2D eigenvalue weighted by Gasteiger charge is 2.15. The van der Waals surface area contributed by atoms with Crippen molar-refractivity contribution < 1.29 is 0 Å². The third-order valence-corrected chi connectivity index (χ3v) is 4.17. The maximum Gasteiger partial charge on any atom is 0.0645 e. The monoisotopic (exact) mass is 301 g/mol. The van der Waals surface area contributed by atoms with Gasteiger partial charge in [0.15, 0.2) is 0 Å². The molecule has 1 aliphatic heterocycles. The van der Waals surface area contributed by atoms with Crippen LogP contribution in [0.1, 0.15) is 33.1 Å². The Bertz CT molecular complexity index is 483. The topological polar surface area (TPSA) is 36.1 Å². The summed E-state index contributed by atoms with van der Waals surface area (Å²) < 4.78 is 0. The maximum absolute atomic E-state index is 4.14. The van der Waals surface area contributed by atoms with Crippen LogP contribution in [0.3, 0.4) is 0 Å². The van der Waals surface area contributed by atoms with Gasteiger partial charge in [-0.25, -0.2) is 0 Å². The summed E-state index contributed by atoms with van der Waals surface area (Å²) in [5, 5.41) is 9.92. The fourth-order valence-electron chi connectivity index (χ4n) is 2.52. The summed E-state index contributed by atoms with van der Waals surface area (Å²) in [6, 6.07) is 0. The smallest absolute Gasteiger partial charge is 0.0645 e. The van der Waals surface area contributed by atoms with Crippen LogP contribution in [0.25, 0.3) is 0 Å². The minimum atomic E-state index is 0.758. The van der Waals surface area contributed by atoms with Gasteiger partial charge < -0.3 is 16.0 Å². The molecular formula is C19H31N3. The minimum absolute atomic E-state index is 0.758. The lowest BCUT2D eigenvalue weighted by Gasteiger charge is -2.23. The van der Waals surface area contributed by atoms with Crippen molar-refractivity contribution >= 4 is 0 Å². The Labute approximate surface area is 136 Å². The lowest BCUT2D eigenvalue weighted by atomic mass is 9.96. The molecule has 0 radical (unpaired) electrons. The Morgan fingerprint density at radius 3 is 2.73 bits per heavy atom. The molecule has 1 rings (SSSR count). The first-order valence-electron chi connectivity index (χ1n) is 8.08. The van der Waals surface area contributed by atoms with E-state index in [1.54, 1.807) is 0 Å². The van der Waals surface area contributed by atoms with E-state index in [4.69, 9.17) is 0 Å². The highest BCUT2D eigenvalue weighted by atomic mass is 15.0. The lowest BCUT2D eigenvalue weighted by molar-refractivity contribution is 0.462. The van der Waals surface area contributed by atoms with E-state index >= 15 is 0 Å². The molecule has 122 valence electrons. The van der Waals surface area contributed by atoms with E-state index in [0.29, 0.717) is 0 Å². The van der Waals surface area contributed by atoms with Gasteiger partial charge in [0.05, 0.1) is 11.4 Å². The largest absolute Gasteiger partial charge is 0.384 e. The molecule has 0 aromatic heterocycles. The van der Waals surface area contributed by atoms with Gasteiger partial charge in [-0.2, -0.15) is 0 Å². The zero-order chi connectivity index (χ0) is 16.5. The number of hydrogen-bond acceptors (Lipinski definition) is 3. The Morgan fingerprint density at radius 2 is 2.09 bits per heavy atom. The Morgan fingerprint density at radius 1 is 1.36 bits per heavy atom. The predicted octanol–water partition coefficient (Wildman–Crippen LogP) is 3.62. The van der Waals surface area contributed by atoms with Crippen molar-refractivity contribution in [3.05, 3.63) is 60.1 Å². The number of nitrogens with one attached hydrogen (secondary N) is 3. The molecule has 0 amide bonds. The number of allylic oxidation sites excluding steroid dienone is 4. The quantitative estimate of drug-likeness (QED) is 0.539. The van der Waals surface area contributed by atoms with Crippen LogP contribution in [-0.4, -0.2) is 20.1 Å². The molecule has 0 bridgehead atoms. The van der Waals surface area contributed by atoms with Gasteiger partial charge in [0.1, 0.15) is 0 Å². The van der Waals surface area contributed by atoms with Gasteiger partial charge in [-0.1, -0.05) is 32.7 Å². The molecule has 0 fully saturated rings. The van der Waals surface area contributed by atoms with E-state index in [-0.39, 0.29) is 0 Å². The molecule has 0 aliphatic carbocycles. The van der Waals surface area contributed by atoms with Gasteiger partial charge in [0.25, 0.3) is 0 Å². The molecular weight excluding hydrogens is 270 g/mol. The van der Waals surface area contributed by atoms with E-state index in [0.717, 1.165) is 53.5 Å². The van der Waals surface area contributed by atoms with Crippen LogP contribution in [0, 0.1) is 5.92 Å². The molecule has 1 unspecified atom stereocenters. The van der Waals surface area contributed by atoms with Crippen LogP contribution < -0.4 is 16.0 Å². The van der Waals surface area contributed by atoms with Crippen molar-refractivity contribution in [3.8, 4) is 0 Å². The molecule has 1 aliphatic rings. The number of dihydropyridines is 1. The fourth-order valence-corrected chi connectivity index (χ4v) is 2.52. The third-order valence-electron chi connectivity index (χ3n) is 4.17. The first-order valence-corrected chi connectivity index (χ1v) is 8.08. The first kappa shape index (κ1) is 18.3. The van der Waals surface area contributed by atoms with Crippen LogP contribution >= 0.6 is 0 Å². The van der Waals surface area contributed by atoms with Gasteiger partial charge in [0, 0.05) is 12.7 Å². The van der Waals surface area contributed by atoms with E-state index < -0.39 is 0 Å². The Hall–Kier alpha value is -1.74. The molecule has 0 spiro atoms. The second kappa shape index (κ2) is 9.31. The van der Waals surface area contributed by atoms with Crippen molar-refractivity contribution in [2.75, 3.05) is 20.1 Å². The van der Waals surface area contributed by atoms with Crippen LogP contribution in [0.4, 0.5) is 0 Å². The van der Waals surface area contributed by atoms with Gasteiger partial charge in [-0.05, 0) is 62.4 Å². The van der Waals surface area contributed by atoms with Crippen molar-refractivity contribution in [3.63, 3.8) is 0 Å². The van der Waals surface area contributed by atoms with Gasteiger partial charge in [0.2, 0.25) is 0 Å². The summed E-state index contributed by atoms with van der Waals surface area (Å²) in [5.74, 6) is 0.758. The molecule has 0 aromatic rings. The first-order chi connectivity index (χ1) is 10.5. The average molecular weight is 301 g/mol. The molecule has 3 heteroatoms. The van der Waals surface area contributed by atoms with E-state index in [1.807, 2.05) is 19.3 Å². The van der Waals surface area contributed by atoms with Crippen LogP contribution in [-0.2, 0) is 0 Å². The molecule has 0 aromatic carbocycles. The molecule has 1 heterocycles. The van der Waals surface area contributed by atoms with Crippen molar-refractivity contribution in [2.24, 2.45) is 5.92 Å². The zero-order valence-electron chi connectivity index (χ0n) is 14.4. The standard InChI is InChI=1S/C19H31N3/c1-7-18-13-22-19(16(4)15(18)3)17(5)21-11-8-9-14(2)10-12-20-6/h7,13-14,20-22H,1,3,5,8-12H2,2,4,6H3. The van der Waals surface area contributed by atoms with Crippen molar-refractivity contribution in [2.45, 2.75) is 33.1 Å². The molecule has 0 saturated heterocycles. The summed E-state index contributed by atoms with van der Waals surface area (Å²) in [6.07, 6.45) is 7.38. The zero-order valence-corrected chi connectivity index (χ0v) is 14.4. The van der Waals surface area contributed by atoms with Crippen LogP contribution in [0.2, 0.25) is 0 Å². The van der Waals surface area contributed by atoms with Crippen molar-refractivity contribution in [1.82, 2.24) is 16.0 Å². The second-order valence-electron chi connectivity index (χ2n) is 5.97. The minimum Gasteiger partial charge on any atom is -0.384 e. The van der Waals surface area contributed by atoms with Gasteiger partial charge in [-0.3, -0.25) is 0 Å². The Kier molecular flexibility index (Phi) is 7.75. The average Bonchev–Trinajstić information content (AvgIpc) is 2.51. The van der Waals surface area contributed by atoms with Crippen molar-refractivity contribution in [1.29, 1.82) is 0 Å². The molecule has 1 atom stereocenters. The second-order valence-corrected chi connectivity index (χ2v) is 5.97. The molecule has 22 heavy (non-hydrogen) atoms.